The topological polar surface area (TPSA) is 86.7 Å². The van der Waals surface area contributed by atoms with E-state index < -0.39 is 5.82 Å². The number of piperazine rings is 1. The van der Waals surface area contributed by atoms with Gasteiger partial charge in [0, 0.05) is 73.9 Å². The molecule has 0 radical (unpaired) electrons. The molecule has 2 aromatic heterocycles. The SMILES string of the molecule is CN(C)C(=O)CC[C@H]1CC[C@@]2(COc3nc(N4CC5CCC(C4)N5)c4cnc(-c5cccc6cccc(Cl)c56)c(F)c4n3)CCCN12. The molecule has 9 nitrogen and oxygen atoms in total. The standard InChI is InChI=1S/C36H41ClFN7O2/c1-43(2)29(46)13-12-25-14-16-36(15-5-17-45(25)36)21-47-35-41-33-27(34(42-35)44-19-23-10-11-24(20-44)40-23)18-39-32(31(33)38)26-8-3-6-22-7-4-9-28(37)30(22)26/h3-4,6-9,18,23-25,40H,5,10-17,19-21H2,1-2H3/t23?,24?,25-,36+/m0/s1. The molecular formula is C36H41ClFN7O2. The minimum Gasteiger partial charge on any atom is -0.461 e. The second-order valence-corrected chi connectivity index (χ2v) is 14.4. The van der Waals surface area contributed by atoms with Crippen molar-refractivity contribution >= 4 is 45.0 Å². The van der Waals surface area contributed by atoms with Gasteiger partial charge in [-0.1, -0.05) is 41.9 Å². The lowest BCUT2D eigenvalue weighted by Gasteiger charge is -2.35. The molecule has 4 aliphatic heterocycles. The van der Waals surface area contributed by atoms with Crippen LogP contribution in [0.2, 0.25) is 5.02 Å². The molecule has 1 amide bonds. The van der Waals surface area contributed by atoms with E-state index in [4.69, 9.17) is 26.3 Å². The molecule has 2 aromatic carbocycles. The number of nitrogens with zero attached hydrogens (tertiary/aromatic N) is 6. The van der Waals surface area contributed by atoms with Crippen LogP contribution in [0.15, 0.2) is 42.6 Å². The summed E-state index contributed by atoms with van der Waals surface area (Å²) in [7, 11) is 3.63. The summed E-state index contributed by atoms with van der Waals surface area (Å²) >= 11 is 6.64. The van der Waals surface area contributed by atoms with E-state index in [9.17, 15) is 4.79 Å². The Morgan fingerprint density at radius 2 is 1.89 bits per heavy atom. The summed E-state index contributed by atoms with van der Waals surface area (Å²) in [6.07, 6.45) is 9.49. The molecule has 4 aliphatic rings. The van der Waals surface area contributed by atoms with Gasteiger partial charge >= 0.3 is 6.01 Å². The maximum absolute atomic E-state index is 16.8. The summed E-state index contributed by atoms with van der Waals surface area (Å²) < 4.78 is 23.3. The van der Waals surface area contributed by atoms with E-state index in [0.29, 0.717) is 52.9 Å². The molecule has 0 saturated carbocycles. The van der Waals surface area contributed by atoms with E-state index in [1.807, 2.05) is 50.5 Å². The Labute approximate surface area is 279 Å². The van der Waals surface area contributed by atoms with Crippen LogP contribution in [0.1, 0.15) is 51.4 Å². The molecular weight excluding hydrogens is 617 g/mol. The number of carbonyl (C=O) groups is 1. The smallest absolute Gasteiger partial charge is 0.319 e. The van der Waals surface area contributed by atoms with Crippen LogP contribution in [0, 0.1) is 5.82 Å². The summed E-state index contributed by atoms with van der Waals surface area (Å²) in [5, 5.41) is 6.49. The largest absolute Gasteiger partial charge is 0.461 e. The molecule has 246 valence electrons. The van der Waals surface area contributed by atoms with Crippen LogP contribution >= 0.6 is 11.6 Å². The van der Waals surface area contributed by atoms with Gasteiger partial charge in [-0.2, -0.15) is 9.97 Å². The second kappa shape index (κ2) is 12.1. The highest BCUT2D eigenvalue weighted by atomic mass is 35.5. The van der Waals surface area contributed by atoms with Gasteiger partial charge in [-0.15, -0.1) is 0 Å². The quantitative estimate of drug-likeness (QED) is 0.254. The lowest BCUT2D eigenvalue weighted by Crippen LogP contribution is -2.51. The van der Waals surface area contributed by atoms with Gasteiger partial charge in [0.1, 0.15) is 23.6 Å². The first-order chi connectivity index (χ1) is 22.8. The Morgan fingerprint density at radius 3 is 2.68 bits per heavy atom. The van der Waals surface area contributed by atoms with Crippen molar-refractivity contribution in [2.24, 2.45) is 0 Å². The molecule has 4 fully saturated rings. The fraction of sp³-hybridized carbons (Fsp3) is 0.500. The van der Waals surface area contributed by atoms with Crippen molar-refractivity contribution in [1.82, 2.24) is 30.1 Å². The van der Waals surface area contributed by atoms with Crippen molar-refractivity contribution < 1.29 is 13.9 Å². The highest BCUT2D eigenvalue weighted by Crippen LogP contribution is 2.44. The predicted octanol–water partition coefficient (Wildman–Crippen LogP) is 5.82. The molecule has 1 N–H and O–H groups in total. The van der Waals surface area contributed by atoms with E-state index in [1.165, 1.54) is 0 Å². The zero-order valence-electron chi connectivity index (χ0n) is 27.0. The number of aromatic nitrogens is 3. The number of halogens is 2. The van der Waals surface area contributed by atoms with Gasteiger partial charge in [0.05, 0.1) is 10.9 Å². The van der Waals surface area contributed by atoms with Crippen molar-refractivity contribution in [2.75, 3.05) is 45.2 Å². The Morgan fingerprint density at radius 1 is 1.11 bits per heavy atom. The molecule has 4 saturated heterocycles. The number of nitrogens with one attached hydrogen (secondary N) is 1. The Hall–Kier alpha value is -3.60. The first-order valence-electron chi connectivity index (χ1n) is 16.9. The first-order valence-corrected chi connectivity index (χ1v) is 17.3. The van der Waals surface area contributed by atoms with Gasteiger partial charge < -0.3 is 19.9 Å². The van der Waals surface area contributed by atoms with Gasteiger partial charge in [0.25, 0.3) is 0 Å². The summed E-state index contributed by atoms with van der Waals surface area (Å²) in [4.78, 5) is 33.2. The van der Waals surface area contributed by atoms with E-state index in [2.05, 4.69) is 20.1 Å². The van der Waals surface area contributed by atoms with E-state index in [0.717, 1.165) is 75.4 Å². The molecule has 8 rings (SSSR count). The second-order valence-electron chi connectivity index (χ2n) is 14.0. The maximum Gasteiger partial charge on any atom is 0.319 e. The monoisotopic (exact) mass is 657 g/mol. The number of fused-ring (bicyclic) bond motifs is 5. The first kappa shape index (κ1) is 30.7. The number of ether oxygens (including phenoxy) is 1. The van der Waals surface area contributed by atoms with Gasteiger partial charge in [0.2, 0.25) is 5.91 Å². The normalized spacial score (nSPS) is 25.5. The van der Waals surface area contributed by atoms with Gasteiger partial charge in [0.15, 0.2) is 5.82 Å². The average Bonchev–Trinajstić information content (AvgIpc) is 3.75. The number of pyridine rings is 1. The molecule has 4 atom stereocenters. The van der Waals surface area contributed by atoms with Gasteiger partial charge in [-0.05, 0) is 62.9 Å². The average molecular weight is 658 g/mol. The van der Waals surface area contributed by atoms with Crippen LogP contribution in [-0.2, 0) is 4.79 Å². The van der Waals surface area contributed by atoms with Crippen molar-refractivity contribution in [2.45, 2.75) is 75.0 Å². The van der Waals surface area contributed by atoms with Crippen molar-refractivity contribution in [3.05, 3.63) is 53.4 Å². The summed E-state index contributed by atoms with van der Waals surface area (Å²) in [5.74, 6) is 0.330. The Kier molecular flexibility index (Phi) is 7.93. The number of carbonyl (C=O) groups excluding carboxylic acids is 1. The third-order valence-corrected chi connectivity index (χ3v) is 11.3. The fourth-order valence-corrected chi connectivity index (χ4v) is 8.89. The van der Waals surface area contributed by atoms with Crippen LogP contribution in [-0.4, -0.2) is 94.7 Å². The van der Waals surface area contributed by atoms with E-state index in [1.54, 1.807) is 11.1 Å². The molecule has 0 spiro atoms. The Balaban J connectivity index is 1.15. The van der Waals surface area contributed by atoms with Crippen LogP contribution in [0.25, 0.3) is 32.9 Å². The zero-order chi connectivity index (χ0) is 32.3. The highest BCUT2D eigenvalue weighted by Gasteiger charge is 2.49. The minimum atomic E-state index is -0.506. The molecule has 4 aromatic rings. The summed E-state index contributed by atoms with van der Waals surface area (Å²) in [5.41, 5.74) is 0.913. The highest BCUT2D eigenvalue weighted by molar-refractivity contribution is 6.36. The molecule has 2 unspecified atom stereocenters. The van der Waals surface area contributed by atoms with E-state index >= 15 is 4.39 Å². The number of anilines is 1. The number of hydrogen-bond acceptors (Lipinski definition) is 8. The number of benzene rings is 2. The molecule has 6 heterocycles. The number of amides is 1. The van der Waals surface area contributed by atoms with Crippen LogP contribution < -0.4 is 15.0 Å². The van der Waals surface area contributed by atoms with E-state index in [-0.39, 0.29) is 28.7 Å². The molecule has 2 bridgehead atoms. The number of hydrogen-bond donors (Lipinski definition) is 1. The lowest BCUT2D eigenvalue weighted by molar-refractivity contribution is -0.129. The summed E-state index contributed by atoms with van der Waals surface area (Å²) in [6, 6.07) is 12.7. The lowest BCUT2D eigenvalue weighted by atomic mass is 9.95. The van der Waals surface area contributed by atoms with Crippen molar-refractivity contribution in [3.63, 3.8) is 0 Å². The molecule has 47 heavy (non-hydrogen) atoms. The van der Waals surface area contributed by atoms with Crippen molar-refractivity contribution in [1.29, 1.82) is 0 Å². The van der Waals surface area contributed by atoms with Crippen molar-refractivity contribution in [3.8, 4) is 17.3 Å². The number of rotatable bonds is 8. The van der Waals surface area contributed by atoms with Crippen LogP contribution in [0.5, 0.6) is 6.01 Å². The van der Waals surface area contributed by atoms with Gasteiger partial charge in [-0.25, -0.2) is 4.39 Å². The molecule has 11 heteroatoms. The maximum atomic E-state index is 16.8. The minimum absolute atomic E-state index is 0.125. The third-order valence-electron chi connectivity index (χ3n) is 11.0. The predicted molar refractivity (Wildman–Crippen MR) is 183 cm³/mol. The van der Waals surface area contributed by atoms with Crippen LogP contribution in [0.3, 0.4) is 0 Å². The summed E-state index contributed by atoms with van der Waals surface area (Å²) in [6.45, 7) is 3.00. The van der Waals surface area contributed by atoms with Crippen LogP contribution in [0.4, 0.5) is 10.2 Å². The third kappa shape index (κ3) is 5.48. The zero-order valence-corrected chi connectivity index (χ0v) is 27.8. The van der Waals surface area contributed by atoms with Gasteiger partial charge in [-0.3, -0.25) is 14.7 Å². The fourth-order valence-electron chi connectivity index (χ4n) is 8.61. The molecule has 0 aliphatic carbocycles. The Bertz CT molecular complexity index is 1840.